The molecule has 108 valence electrons. The minimum atomic E-state index is 0.682. The maximum absolute atomic E-state index is 5.20. The second-order valence-corrected chi connectivity index (χ2v) is 5.89. The fourth-order valence-corrected chi connectivity index (χ4v) is 3.44. The second kappa shape index (κ2) is 5.41. The van der Waals surface area contributed by atoms with Gasteiger partial charge >= 0.3 is 0 Å². The number of fused-ring (bicyclic) bond motifs is 1. The summed E-state index contributed by atoms with van der Waals surface area (Å²) in [6, 6.07) is 10.8. The summed E-state index contributed by atoms with van der Waals surface area (Å²) in [6.45, 7) is 3.14. The van der Waals surface area contributed by atoms with E-state index in [2.05, 4.69) is 40.3 Å². The van der Waals surface area contributed by atoms with Crippen molar-refractivity contribution in [1.82, 2.24) is 9.88 Å². The Labute approximate surface area is 124 Å². The number of rotatable bonds is 3. The van der Waals surface area contributed by atoms with Crippen LogP contribution in [0.2, 0.25) is 0 Å². The zero-order chi connectivity index (χ0) is 14.1. The van der Waals surface area contributed by atoms with E-state index in [9.17, 15) is 0 Å². The van der Waals surface area contributed by atoms with Crippen LogP contribution in [-0.4, -0.2) is 17.7 Å². The Hall–Kier alpha value is -2.00. The average molecular weight is 280 g/mol. The number of piperidine rings is 1. The molecule has 1 aliphatic rings. The number of nitrogens with zero attached hydrogens (tertiary/aromatic N) is 1. The summed E-state index contributed by atoms with van der Waals surface area (Å²) >= 11 is 0. The molecule has 3 heteroatoms. The van der Waals surface area contributed by atoms with Gasteiger partial charge in [0, 0.05) is 22.7 Å². The molecule has 4 rings (SSSR count). The van der Waals surface area contributed by atoms with Crippen molar-refractivity contribution in [2.75, 3.05) is 13.1 Å². The summed E-state index contributed by atoms with van der Waals surface area (Å²) in [6.07, 6.45) is 8.40. The topological polar surface area (TPSA) is 30.1 Å². The zero-order valence-electron chi connectivity index (χ0n) is 12.1. The van der Waals surface area contributed by atoms with Gasteiger partial charge in [0.25, 0.3) is 0 Å². The molecule has 0 bridgehead atoms. The van der Waals surface area contributed by atoms with Gasteiger partial charge in [0.2, 0.25) is 0 Å². The highest BCUT2D eigenvalue weighted by Gasteiger charge is 2.20. The lowest BCUT2D eigenvalue weighted by atomic mass is 9.90. The van der Waals surface area contributed by atoms with E-state index in [1.807, 2.05) is 12.3 Å². The van der Waals surface area contributed by atoms with E-state index < -0.39 is 0 Å². The van der Waals surface area contributed by atoms with Gasteiger partial charge in [-0.2, -0.15) is 0 Å². The summed E-state index contributed by atoms with van der Waals surface area (Å²) < 4.78 is 7.56. The van der Waals surface area contributed by atoms with Crippen molar-refractivity contribution in [2.24, 2.45) is 0 Å². The van der Waals surface area contributed by atoms with Crippen LogP contribution in [-0.2, 0) is 6.54 Å². The highest BCUT2D eigenvalue weighted by Crippen LogP contribution is 2.33. The monoisotopic (exact) mass is 280 g/mol. The summed E-state index contributed by atoms with van der Waals surface area (Å²) in [7, 11) is 0. The van der Waals surface area contributed by atoms with Crippen molar-refractivity contribution < 1.29 is 4.42 Å². The second-order valence-electron chi connectivity index (χ2n) is 5.89. The van der Waals surface area contributed by atoms with E-state index in [1.54, 1.807) is 6.26 Å². The van der Waals surface area contributed by atoms with Crippen LogP contribution >= 0.6 is 0 Å². The Morgan fingerprint density at radius 1 is 1.14 bits per heavy atom. The first-order valence-corrected chi connectivity index (χ1v) is 7.71. The minimum Gasteiger partial charge on any atom is -0.472 e. The Morgan fingerprint density at radius 3 is 2.81 bits per heavy atom. The van der Waals surface area contributed by atoms with E-state index in [0.29, 0.717) is 5.92 Å². The van der Waals surface area contributed by atoms with Gasteiger partial charge in [-0.1, -0.05) is 18.2 Å². The van der Waals surface area contributed by atoms with Crippen molar-refractivity contribution in [3.63, 3.8) is 0 Å². The van der Waals surface area contributed by atoms with Crippen LogP contribution < -0.4 is 5.32 Å². The van der Waals surface area contributed by atoms with E-state index >= 15 is 0 Å². The van der Waals surface area contributed by atoms with E-state index in [4.69, 9.17) is 4.42 Å². The quantitative estimate of drug-likeness (QED) is 0.792. The molecule has 0 radical (unpaired) electrons. The van der Waals surface area contributed by atoms with Crippen LogP contribution in [0, 0.1) is 0 Å². The highest BCUT2D eigenvalue weighted by atomic mass is 16.3. The molecule has 0 amide bonds. The van der Waals surface area contributed by atoms with E-state index in [1.165, 1.54) is 34.9 Å². The molecule has 1 fully saturated rings. The molecular weight excluding hydrogens is 260 g/mol. The fourth-order valence-electron chi connectivity index (χ4n) is 3.44. The molecule has 0 aliphatic carbocycles. The molecule has 3 aromatic rings. The van der Waals surface area contributed by atoms with Gasteiger partial charge in [-0.05, 0) is 49.5 Å². The number of hydrogen-bond acceptors (Lipinski definition) is 2. The zero-order valence-corrected chi connectivity index (χ0v) is 12.1. The molecule has 0 unspecified atom stereocenters. The fraction of sp³-hybridized carbons (Fsp3) is 0.333. The molecule has 3 heterocycles. The molecule has 0 atom stereocenters. The summed E-state index contributed by atoms with van der Waals surface area (Å²) in [5.41, 5.74) is 4.05. The normalized spacial score (nSPS) is 16.6. The minimum absolute atomic E-state index is 0.682. The van der Waals surface area contributed by atoms with Gasteiger partial charge in [-0.15, -0.1) is 0 Å². The third kappa shape index (κ3) is 2.38. The van der Waals surface area contributed by atoms with Crippen LogP contribution in [0.1, 0.15) is 29.9 Å². The van der Waals surface area contributed by atoms with E-state index in [0.717, 1.165) is 19.6 Å². The Morgan fingerprint density at radius 2 is 2.00 bits per heavy atom. The van der Waals surface area contributed by atoms with Gasteiger partial charge in [0.1, 0.15) is 0 Å². The molecule has 2 aromatic heterocycles. The van der Waals surface area contributed by atoms with Crippen LogP contribution in [0.3, 0.4) is 0 Å². The molecule has 0 saturated carbocycles. The first-order valence-electron chi connectivity index (χ1n) is 7.71. The predicted molar refractivity (Wildman–Crippen MR) is 84.6 cm³/mol. The van der Waals surface area contributed by atoms with Crippen molar-refractivity contribution in [2.45, 2.75) is 25.3 Å². The maximum Gasteiger partial charge on any atom is 0.0952 e. The highest BCUT2D eigenvalue weighted by molar-refractivity contribution is 5.84. The molecule has 1 N–H and O–H groups in total. The molecule has 3 nitrogen and oxygen atoms in total. The summed E-state index contributed by atoms with van der Waals surface area (Å²) in [5.74, 6) is 0.682. The Balaban J connectivity index is 1.76. The Bertz CT molecular complexity index is 721. The first kappa shape index (κ1) is 12.7. The van der Waals surface area contributed by atoms with Gasteiger partial charge in [0.15, 0.2) is 0 Å². The number of benzene rings is 1. The third-order valence-corrected chi connectivity index (χ3v) is 4.53. The molecule has 0 spiro atoms. The average Bonchev–Trinajstić information content (AvgIpc) is 3.17. The number of nitrogens with one attached hydrogen (secondary N) is 1. The molecule has 1 aromatic carbocycles. The van der Waals surface area contributed by atoms with Crippen molar-refractivity contribution in [1.29, 1.82) is 0 Å². The standard InChI is InChI=1S/C18H20N2O/c1-2-4-18-16(3-1)17(15-5-8-19-9-6-15)12-20(18)11-14-7-10-21-13-14/h1-4,7,10,12-13,15,19H,5-6,8-9,11H2. The molecule has 1 aliphatic heterocycles. The van der Waals surface area contributed by atoms with Crippen LogP contribution in [0.15, 0.2) is 53.5 Å². The number of para-hydroxylation sites is 1. The number of furan rings is 1. The predicted octanol–water partition coefficient (Wildman–Crippen LogP) is 3.75. The van der Waals surface area contributed by atoms with Gasteiger partial charge in [-0.3, -0.25) is 0 Å². The van der Waals surface area contributed by atoms with Crippen LogP contribution in [0.5, 0.6) is 0 Å². The Kier molecular flexibility index (Phi) is 3.28. The summed E-state index contributed by atoms with van der Waals surface area (Å²) in [4.78, 5) is 0. The molecule has 1 saturated heterocycles. The summed E-state index contributed by atoms with van der Waals surface area (Å²) in [5, 5.41) is 4.87. The van der Waals surface area contributed by atoms with Crippen molar-refractivity contribution in [3.05, 3.63) is 60.2 Å². The first-order chi connectivity index (χ1) is 10.4. The van der Waals surface area contributed by atoms with Crippen LogP contribution in [0.4, 0.5) is 0 Å². The van der Waals surface area contributed by atoms with Crippen LogP contribution in [0.25, 0.3) is 10.9 Å². The third-order valence-electron chi connectivity index (χ3n) is 4.53. The molecular formula is C18H20N2O. The smallest absolute Gasteiger partial charge is 0.0952 e. The SMILES string of the molecule is c1ccc2c(c1)c(C1CCNCC1)cn2Cc1ccoc1. The largest absolute Gasteiger partial charge is 0.472 e. The van der Waals surface area contributed by atoms with Gasteiger partial charge < -0.3 is 14.3 Å². The van der Waals surface area contributed by atoms with Crippen molar-refractivity contribution >= 4 is 10.9 Å². The van der Waals surface area contributed by atoms with Gasteiger partial charge in [0.05, 0.1) is 19.1 Å². The van der Waals surface area contributed by atoms with Crippen molar-refractivity contribution in [3.8, 4) is 0 Å². The lowest BCUT2D eigenvalue weighted by Gasteiger charge is -2.22. The van der Waals surface area contributed by atoms with Gasteiger partial charge in [-0.25, -0.2) is 0 Å². The number of hydrogen-bond donors (Lipinski definition) is 1. The lowest BCUT2D eigenvalue weighted by molar-refractivity contribution is 0.461. The van der Waals surface area contributed by atoms with E-state index in [-0.39, 0.29) is 0 Å². The maximum atomic E-state index is 5.20. The number of aromatic nitrogens is 1. The molecule has 21 heavy (non-hydrogen) atoms. The lowest BCUT2D eigenvalue weighted by Crippen LogP contribution is -2.26.